The fraction of sp³-hybridized carbons (Fsp3) is 0.538. The molecule has 0 spiro atoms. The molecule has 1 fully saturated rings. The Morgan fingerprint density at radius 2 is 1.91 bits per heavy atom. The van der Waals surface area contributed by atoms with Crippen LogP contribution in [0, 0.1) is 18.8 Å². The second-order valence-corrected chi connectivity index (χ2v) is 9.71. The molecule has 5 atom stereocenters. The lowest BCUT2D eigenvalue weighted by Crippen LogP contribution is -2.30. The highest BCUT2D eigenvalue weighted by molar-refractivity contribution is 6.70. The van der Waals surface area contributed by atoms with E-state index in [0.717, 1.165) is 11.3 Å². The summed E-state index contributed by atoms with van der Waals surface area (Å²) in [5.41, 5.74) is 2.60. The van der Waals surface area contributed by atoms with E-state index in [1.165, 1.54) is 13.5 Å². The van der Waals surface area contributed by atoms with E-state index in [1.54, 1.807) is 25.7 Å². The topological polar surface area (TPSA) is 65.1 Å². The van der Waals surface area contributed by atoms with Crippen molar-refractivity contribution in [3.63, 3.8) is 0 Å². The van der Waals surface area contributed by atoms with Crippen molar-refractivity contribution in [2.45, 2.75) is 72.1 Å². The van der Waals surface area contributed by atoms with Gasteiger partial charge in [0.25, 0.3) is 0 Å². The van der Waals surface area contributed by atoms with Gasteiger partial charge in [-0.25, -0.2) is 9.18 Å². The van der Waals surface area contributed by atoms with Crippen LogP contribution in [-0.2, 0) is 19.0 Å². The van der Waals surface area contributed by atoms with Crippen molar-refractivity contribution in [3.8, 4) is 0 Å². The quantitative estimate of drug-likeness (QED) is 0.358. The van der Waals surface area contributed by atoms with Crippen LogP contribution in [0.3, 0.4) is 0 Å². The van der Waals surface area contributed by atoms with Gasteiger partial charge >= 0.3 is 13.4 Å². The van der Waals surface area contributed by atoms with Crippen LogP contribution >= 0.6 is 0 Å². The van der Waals surface area contributed by atoms with Gasteiger partial charge in [0.2, 0.25) is 0 Å². The molecule has 1 saturated heterocycles. The van der Waals surface area contributed by atoms with E-state index in [9.17, 15) is 9.59 Å². The number of anilines is 1. The summed E-state index contributed by atoms with van der Waals surface area (Å²) in [6.07, 6.45) is 5.12. The molecule has 0 aliphatic carbocycles. The average Bonchev–Trinajstić information content (AvgIpc) is 3.06. The lowest BCUT2D eigenvalue weighted by atomic mass is 9.91. The van der Waals surface area contributed by atoms with Gasteiger partial charge in [-0.2, -0.15) is 0 Å². The molecule has 1 aromatic carbocycles. The number of fused-ring (bicyclic) bond motifs is 2. The van der Waals surface area contributed by atoms with Crippen molar-refractivity contribution in [3.05, 3.63) is 46.8 Å². The molecule has 2 aliphatic rings. The van der Waals surface area contributed by atoms with Crippen LogP contribution in [0.1, 0.15) is 62.5 Å². The number of ether oxygens (including phenoxy) is 3. The normalized spacial score (nSPS) is 30.8. The Morgan fingerprint density at radius 1 is 1.21 bits per heavy atom. The number of rotatable bonds is 3. The number of hydrogen-bond donors (Lipinski definition) is 0. The van der Waals surface area contributed by atoms with Gasteiger partial charge in [0, 0.05) is 17.5 Å². The lowest BCUT2D eigenvalue weighted by molar-refractivity contribution is -0.149. The number of carbonyl (C=O) groups excluding carboxylic acids is 2. The van der Waals surface area contributed by atoms with Gasteiger partial charge < -0.3 is 23.8 Å². The molecule has 8 heteroatoms. The minimum Gasteiger partial charge on any atom is -0.458 e. The van der Waals surface area contributed by atoms with Crippen molar-refractivity contribution >= 4 is 31.3 Å². The average molecular weight is 470 g/mol. The van der Waals surface area contributed by atoms with E-state index in [1.807, 2.05) is 52.0 Å². The smallest absolute Gasteiger partial charge is 0.339 e. The van der Waals surface area contributed by atoms with Crippen LogP contribution in [0.5, 0.6) is 0 Å². The van der Waals surface area contributed by atoms with Gasteiger partial charge in [0.05, 0.1) is 17.8 Å². The zero-order valence-corrected chi connectivity index (χ0v) is 21.0. The third-order valence-corrected chi connectivity index (χ3v) is 6.52. The molecule has 0 N–H and O–H groups in total. The van der Waals surface area contributed by atoms with Crippen LogP contribution in [-0.4, -0.2) is 50.7 Å². The summed E-state index contributed by atoms with van der Waals surface area (Å²) in [7, 11) is 3.18. The van der Waals surface area contributed by atoms with E-state index in [0.29, 0.717) is 23.7 Å². The molecule has 183 valence electrons. The van der Waals surface area contributed by atoms with E-state index < -0.39 is 29.9 Å². The molecule has 3 rings (SSSR count). The number of aryl methyl sites for hydroxylation is 1. The minimum absolute atomic E-state index is 0.302. The minimum atomic E-state index is -0.821. The largest absolute Gasteiger partial charge is 0.458 e. The Bertz CT molecular complexity index is 992. The Kier molecular flexibility index (Phi) is 8.04. The Hall–Kier alpha value is -2.45. The summed E-state index contributed by atoms with van der Waals surface area (Å²) in [6, 6.07) is 3.68. The first-order valence-corrected chi connectivity index (χ1v) is 11.7. The number of hydrogen-bond acceptors (Lipinski definition) is 6. The maximum absolute atomic E-state index is 15.2. The number of nitrogens with zero attached hydrogens (tertiary/aromatic N) is 1. The number of carbonyl (C=O) groups is 2. The molecule has 1 aromatic rings. The Labute approximate surface area is 202 Å². The molecule has 34 heavy (non-hydrogen) atoms. The molecule has 0 unspecified atom stereocenters. The SMILES string of the molecule is Cc1cc(N(C)[B]C=O)cc2c1C(=O)O[C@@H](C)[C@H](C)/C=C(/F)[C@@H](C)[C@H]1OC(C)(C)O[C@H]1CC=C2. The Morgan fingerprint density at radius 3 is 2.59 bits per heavy atom. The molecule has 2 heterocycles. The summed E-state index contributed by atoms with van der Waals surface area (Å²) >= 11 is 0. The summed E-state index contributed by atoms with van der Waals surface area (Å²) in [5.74, 6) is -2.44. The number of esters is 1. The van der Waals surface area contributed by atoms with Crippen molar-refractivity contribution < 1.29 is 28.2 Å². The summed E-state index contributed by atoms with van der Waals surface area (Å²) in [5, 5.41) is 0. The maximum Gasteiger partial charge on any atom is 0.339 e. The highest BCUT2D eigenvalue weighted by atomic mass is 19.1. The number of halogens is 1. The van der Waals surface area contributed by atoms with E-state index >= 15 is 4.39 Å². The molecule has 0 saturated carbocycles. The van der Waals surface area contributed by atoms with Crippen molar-refractivity contribution in [2.75, 3.05) is 11.9 Å². The first-order valence-electron chi connectivity index (χ1n) is 11.7. The van der Waals surface area contributed by atoms with Crippen LogP contribution in [0.4, 0.5) is 10.1 Å². The predicted octanol–water partition coefficient (Wildman–Crippen LogP) is 4.85. The number of cyclic esters (lactones) is 1. The van der Waals surface area contributed by atoms with Gasteiger partial charge in [-0.05, 0) is 70.5 Å². The van der Waals surface area contributed by atoms with Gasteiger partial charge in [-0.1, -0.05) is 26.0 Å². The molecule has 0 bridgehead atoms. The standard InChI is InChI=1S/C26H34BFNO5/c1-15-12-21(28)17(3)24-22(33-26(5,6)34-24)10-8-9-19-13-20(29(7)27-14-30)11-16(2)23(19)25(31)32-18(15)4/h8-9,11-15,17-18,22,24H,10H2,1-7H3/b9-8?,21-12+/t15-,17-,18+,22+,24-/m1/s1. The van der Waals surface area contributed by atoms with Gasteiger partial charge in [-0.15, -0.1) is 0 Å². The molecular formula is C26H34BFNO5. The van der Waals surface area contributed by atoms with Gasteiger partial charge in [0.15, 0.2) is 5.79 Å². The second kappa shape index (κ2) is 10.4. The van der Waals surface area contributed by atoms with Crippen molar-refractivity contribution in [2.24, 2.45) is 11.8 Å². The maximum atomic E-state index is 15.2. The summed E-state index contributed by atoms with van der Waals surface area (Å²) < 4.78 is 33.1. The highest BCUT2D eigenvalue weighted by Crippen LogP contribution is 2.37. The third-order valence-electron chi connectivity index (χ3n) is 6.52. The van der Waals surface area contributed by atoms with Crippen molar-refractivity contribution in [1.29, 1.82) is 0 Å². The lowest BCUT2D eigenvalue weighted by Gasteiger charge is -2.25. The molecule has 0 amide bonds. The first kappa shape index (κ1) is 26.2. The van der Waals surface area contributed by atoms with Crippen molar-refractivity contribution in [1.82, 2.24) is 0 Å². The van der Waals surface area contributed by atoms with Crippen LogP contribution < -0.4 is 4.81 Å². The van der Waals surface area contributed by atoms with E-state index in [-0.39, 0.29) is 17.8 Å². The third kappa shape index (κ3) is 5.78. The monoisotopic (exact) mass is 470 g/mol. The van der Waals surface area contributed by atoms with E-state index in [4.69, 9.17) is 14.2 Å². The molecular weight excluding hydrogens is 436 g/mol. The molecule has 6 nitrogen and oxygen atoms in total. The van der Waals surface area contributed by atoms with Crippen LogP contribution in [0.15, 0.2) is 30.1 Å². The van der Waals surface area contributed by atoms with Crippen LogP contribution in [0.25, 0.3) is 6.08 Å². The zero-order valence-electron chi connectivity index (χ0n) is 21.0. The highest BCUT2D eigenvalue weighted by Gasteiger charge is 2.44. The summed E-state index contributed by atoms with van der Waals surface area (Å²) in [4.78, 5) is 25.8. The van der Waals surface area contributed by atoms with Gasteiger partial charge in [-0.3, -0.25) is 0 Å². The van der Waals surface area contributed by atoms with Gasteiger partial charge in [0.1, 0.15) is 18.1 Å². The molecule has 1 radical (unpaired) electrons. The van der Waals surface area contributed by atoms with Crippen LogP contribution in [0.2, 0.25) is 0 Å². The fourth-order valence-corrected chi connectivity index (χ4v) is 4.41. The number of benzene rings is 1. The predicted molar refractivity (Wildman–Crippen MR) is 132 cm³/mol. The van der Waals surface area contributed by atoms with E-state index in [2.05, 4.69) is 0 Å². The summed E-state index contributed by atoms with van der Waals surface area (Å²) in [6.45, 7) is 10.9. The molecule has 2 aliphatic heterocycles. The first-order chi connectivity index (χ1) is 15.9. The molecule has 0 aromatic heterocycles. The zero-order chi connectivity index (χ0) is 25.2. The second-order valence-electron chi connectivity index (χ2n) is 9.71. The Balaban J connectivity index is 2.08. The fourth-order valence-electron chi connectivity index (χ4n) is 4.41.